The Labute approximate surface area is 137 Å². The van der Waals surface area contributed by atoms with Gasteiger partial charge in [0.05, 0.1) is 5.69 Å². The van der Waals surface area contributed by atoms with Crippen LogP contribution in [-0.2, 0) is 11.3 Å². The molecule has 0 fully saturated rings. The van der Waals surface area contributed by atoms with E-state index in [-0.39, 0.29) is 12.5 Å². The summed E-state index contributed by atoms with van der Waals surface area (Å²) in [6, 6.07) is 7.86. The van der Waals surface area contributed by atoms with Crippen molar-refractivity contribution in [2.24, 2.45) is 0 Å². The summed E-state index contributed by atoms with van der Waals surface area (Å²) in [6.07, 6.45) is 0. The number of hydrogen-bond donors (Lipinski definition) is 2. The second kappa shape index (κ2) is 7.28. The Hall–Kier alpha value is -2.34. The number of carbonyl (C=O) groups is 1. The number of amides is 1. The molecule has 0 aliphatic heterocycles. The van der Waals surface area contributed by atoms with E-state index in [0.717, 1.165) is 34.7 Å². The Morgan fingerprint density at radius 1 is 1.30 bits per heavy atom. The van der Waals surface area contributed by atoms with Crippen molar-refractivity contribution in [2.45, 2.75) is 20.4 Å². The zero-order valence-electron chi connectivity index (χ0n) is 14.3. The van der Waals surface area contributed by atoms with Crippen LogP contribution in [0.5, 0.6) is 0 Å². The standard InChI is InChI=1S/C17H25N5O/c1-12-5-6-14(10-15(12)18)16-9-13(2)22(20-16)11-17(23)19-7-8-21(3)4/h5-6,9-10H,7-8,11,18H2,1-4H3,(H,19,23). The number of hydrogen-bond acceptors (Lipinski definition) is 4. The van der Waals surface area contributed by atoms with Crippen LogP contribution in [0, 0.1) is 13.8 Å². The van der Waals surface area contributed by atoms with Crippen molar-refractivity contribution in [2.75, 3.05) is 32.9 Å². The van der Waals surface area contributed by atoms with Crippen LogP contribution in [0.25, 0.3) is 11.3 Å². The molecule has 0 aliphatic carbocycles. The van der Waals surface area contributed by atoms with Crippen LogP contribution in [0.2, 0.25) is 0 Å². The lowest BCUT2D eigenvalue weighted by Crippen LogP contribution is -2.34. The molecule has 6 nitrogen and oxygen atoms in total. The van der Waals surface area contributed by atoms with E-state index in [1.807, 2.05) is 57.1 Å². The molecular formula is C17H25N5O. The molecule has 1 amide bonds. The highest BCUT2D eigenvalue weighted by atomic mass is 16.2. The topological polar surface area (TPSA) is 76.2 Å². The number of nitrogen functional groups attached to an aromatic ring is 1. The predicted octanol–water partition coefficient (Wildman–Crippen LogP) is 1.43. The van der Waals surface area contributed by atoms with E-state index >= 15 is 0 Å². The van der Waals surface area contributed by atoms with E-state index in [1.54, 1.807) is 4.68 Å². The van der Waals surface area contributed by atoms with Gasteiger partial charge >= 0.3 is 0 Å². The average Bonchev–Trinajstić information content (AvgIpc) is 2.82. The highest BCUT2D eigenvalue weighted by Gasteiger charge is 2.10. The quantitative estimate of drug-likeness (QED) is 0.791. The van der Waals surface area contributed by atoms with Crippen LogP contribution in [-0.4, -0.2) is 47.8 Å². The minimum atomic E-state index is -0.0342. The number of benzene rings is 1. The normalized spacial score (nSPS) is 11.0. The molecule has 0 unspecified atom stereocenters. The van der Waals surface area contributed by atoms with E-state index < -0.39 is 0 Å². The zero-order chi connectivity index (χ0) is 17.0. The molecular weight excluding hydrogens is 290 g/mol. The van der Waals surface area contributed by atoms with Gasteiger partial charge in [0.1, 0.15) is 6.54 Å². The molecule has 23 heavy (non-hydrogen) atoms. The molecule has 0 aliphatic rings. The van der Waals surface area contributed by atoms with Gasteiger partial charge in [-0.2, -0.15) is 5.10 Å². The summed E-state index contributed by atoms with van der Waals surface area (Å²) in [5.74, 6) is -0.0342. The lowest BCUT2D eigenvalue weighted by atomic mass is 10.1. The van der Waals surface area contributed by atoms with Crippen LogP contribution in [0.15, 0.2) is 24.3 Å². The van der Waals surface area contributed by atoms with Crippen LogP contribution in [0.3, 0.4) is 0 Å². The van der Waals surface area contributed by atoms with Gasteiger partial charge in [0.15, 0.2) is 0 Å². The smallest absolute Gasteiger partial charge is 0.241 e. The van der Waals surface area contributed by atoms with Crippen molar-refractivity contribution in [3.8, 4) is 11.3 Å². The first-order chi connectivity index (χ1) is 10.9. The number of nitrogens with zero attached hydrogens (tertiary/aromatic N) is 3. The number of anilines is 1. The fourth-order valence-electron chi connectivity index (χ4n) is 2.22. The molecule has 0 bridgehead atoms. The molecule has 2 aromatic rings. The summed E-state index contributed by atoms with van der Waals surface area (Å²) < 4.78 is 1.72. The second-order valence-electron chi connectivity index (χ2n) is 6.05. The molecule has 3 N–H and O–H groups in total. The molecule has 1 aromatic carbocycles. The summed E-state index contributed by atoms with van der Waals surface area (Å²) in [7, 11) is 3.95. The van der Waals surface area contributed by atoms with Gasteiger partial charge in [0.25, 0.3) is 0 Å². The number of carbonyl (C=O) groups excluding carboxylic acids is 1. The summed E-state index contributed by atoms with van der Waals surface area (Å²) in [5, 5.41) is 7.42. The third kappa shape index (κ3) is 4.56. The van der Waals surface area contributed by atoms with E-state index in [2.05, 4.69) is 10.4 Å². The van der Waals surface area contributed by atoms with Gasteiger partial charge in [-0.1, -0.05) is 12.1 Å². The summed E-state index contributed by atoms with van der Waals surface area (Å²) in [5.41, 5.74) is 10.5. The third-order valence-electron chi connectivity index (χ3n) is 3.73. The number of likely N-dealkylation sites (N-methyl/N-ethyl adjacent to an activating group) is 1. The predicted molar refractivity (Wildman–Crippen MR) is 93.1 cm³/mol. The molecule has 124 valence electrons. The van der Waals surface area contributed by atoms with Crippen LogP contribution >= 0.6 is 0 Å². The highest BCUT2D eigenvalue weighted by Crippen LogP contribution is 2.23. The maximum absolute atomic E-state index is 12.0. The number of rotatable bonds is 6. The van der Waals surface area contributed by atoms with Crippen molar-refractivity contribution in [3.63, 3.8) is 0 Å². The number of nitrogens with one attached hydrogen (secondary N) is 1. The van der Waals surface area contributed by atoms with Crippen LogP contribution < -0.4 is 11.1 Å². The molecule has 0 radical (unpaired) electrons. The van der Waals surface area contributed by atoms with Crippen LogP contribution in [0.1, 0.15) is 11.3 Å². The molecule has 2 rings (SSSR count). The Bertz CT molecular complexity index is 690. The largest absolute Gasteiger partial charge is 0.398 e. The van der Waals surface area contributed by atoms with Crippen molar-refractivity contribution in [3.05, 3.63) is 35.5 Å². The SMILES string of the molecule is Cc1ccc(-c2cc(C)n(CC(=O)NCCN(C)C)n2)cc1N. The lowest BCUT2D eigenvalue weighted by molar-refractivity contribution is -0.121. The molecule has 6 heteroatoms. The maximum atomic E-state index is 12.0. The zero-order valence-corrected chi connectivity index (χ0v) is 14.3. The van der Waals surface area contributed by atoms with E-state index in [1.165, 1.54) is 0 Å². The van der Waals surface area contributed by atoms with Crippen molar-refractivity contribution in [1.82, 2.24) is 20.0 Å². The number of nitrogens with two attached hydrogens (primary N) is 1. The Balaban J connectivity index is 2.06. The summed E-state index contributed by atoms with van der Waals surface area (Å²) in [4.78, 5) is 14.0. The average molecular weight is 315 g/mol. The van der Waals surface area contributed by atoms with Crippen molar-refractivity contribution in [1.29, 1.82) is 0 Å². The third-order valence-corrected chi connectivity index (χ3v) is 3.73. The molecule has 0 spiro atoms. The minimum Gasteiger partial charge on any atom is -0.398 e. The first-order valence-corrected chi connectivity index (χ1v) is 7.69. The Morgan fingerprint density at radius 3 is 2.70 bits per heavy atom. The monoisotopic (exact) mass is 315 g/mol. The van der Waals surface area contributed by atoms with E-state index in [0.29, 0.717) is 6.54 Å². The molecule has 0 saturated carbocycles. The van der Waals surface area contributed by atoms with Gasteiger partial charge in [0.2, 0.25) is 5.91 Å². The fourth-order valence-corrected chi connectivity index (χ4v) is 2.22. The molecule has 1 aromatic heterocycles. The van der Waals surface area contributed by atoms with E-state index in [9.17, 15) is 4.79 Å². The van der Waals surface area contributed by atoms with Crippen LogP contribution in [0.4, 0.5) is 5.69 Å². The highest BCUT2D eigenvalue weighted by molar-refractivity contribution is 5.76. The van der Waals surface area contributed by atoms with Crippen molar-refractivity contribution >= 4 is 11.6 Å². The first kappa shape index (κ1) is 17.0. The Morgan fingerprint density at radius 2 is 2.04 bits per heavy atom. The van der Waals surface area contributed by atoms with Gasteiger partial charge in [-0.25, -0.2) is 0 Å². The van der Waals surface area contributed by atoms with Crippen molar-refractivity contribution < 1.29 is 4.79 Å². The molecule has 1 heterocycles. The first-order valence-electron chi connectivity index (χ1n) is 7.69. The fraction of sp³-hybridized carbons (Fsp3) is 0.412. The minimum absolute atomic E-state index is 0.0342. The van der Waals surface area contributed by atoms with Gasteiger partial charge in [-0.15, -0.1) is 0 Å². The summed E-state index contributed by atoms with van der Waals surface area (Å²) >= 11 is 0. The van der Waals surface area contributed by atoms with E-state index in [4.69, 9.17) is 5.73 Å². The maximum Gasteiger partial charge on any atom is 0.241 e. The molecule has 0 saturated heterocycles. The second-order valence-corrected chi connectivity index (χ2v) is 6.05. The van der Waals surface area contributed by atoms with Gasteiger partial charge in [-0.05, 0) is 45.6 Å². The van der Waals surface area contributed by atoms with Gasteiger partial charge in [0, 0.05) is 30.0 Å². The van der Waals surface area contributed by atoms with Gasteiger partial charge < -0.3 is 16.0 Å². The lowest BCUT2D eigenvalue weighted by Gasteiger charge is -2.10. The summed E-state index contributed by atoms with van der Waals surface area (Å²) in [6.45, 7) is 5.59. The number of aromatic nitrogens is 2. The number of aryl methyl sites for hydroxylation is 2. The van der Waals surface area contributed by atoms with Gasteiger partial charge in [-0.3, -0.25) is 9.48 Å². The molecule has 0 atom stereocenters. The Kier molecular flexibility index (Phi) is 5.39.